The number of carboxylic acids is 1. The number of anilines is 1. The van der Waals surface area contributed by atoms with Gasteiger partial charge in [0.05, 0.1) is 11.5 Å². The number of benzene rings is 2. The topological polar surface area (TPSA) is 66.4 Å². The van der Waals surface area contributed by atoms with Crippen LogP contribution in [0, 0.1) is 0 Å². The molecule has 1 aliphatic rings. The molecule has 3 rings (SSSR count). The van der Waals surface area contributed by atoms with Gasteiger partial charge in [-0.1, -0.05) is 30.3 Å². The van der Waals surface area contributed by atoms with Gasteiger partial charge in [-0.05, 0) is 35.7 Å². The first-order valence-corrected chi connectivity index (χ1v) is 6.37. The standard InChI is InChI=1S/C16H13NO3/c18-15-13(12-3-1-2-4-14(12)17-15)9-10-5-7-11(8-6-10)16(19)20/h1-8,13H,9H2,(H,17,18)(H,19,20)/t13-/m0/s1. The Morgan fingerprint density at radius 1 is 1.10 bits per heavy atom. The van der Waals surface area contributed by atoms with Gasteiger partial charge >= 0.3 is 5.97 Å². The van der Waals surface area contributed by atoms with Crippen LogP contribution in [0.3, 0.4) is 0 Å². The largest absolute Gasteiger partial charge is 0.478 e. The molecule has 1 atom stereocenters. The number of carboxylic acid groups (broad SMARTS) is 1. The average molecular weight is 267 g/mol. The van der Waals surface area contributed by atoms with E-state index in [-0.39, 0.29) is 17.4 Å². The Kier molecular flexibility index (Phi) is 2.99. The van der Waals surface area contributed by atoms with E-state index >= 15 is 0 Å². The predicted octanol–water partition coefficient (Wildman–Crippen LogP) is 2.66. The van der Waals surface area contributed by atoms with Crippen molar-refractivity contribution < 1.29 is 14.7 Å². The van der Waals surface area contributed by atoms with Crippen LogP contribution in [0.2, 0.25) is 0 Å². The van der Waals surface area contributed by atoms with Crippen molar-refractivity contribution in [3.63, 3.8) is 0 Å². The first kappa shape index (κ1) is 12.4. The Labute approximate surface area is 116 Å². The van der Waals surface area contributed by atoms with Crippen LogP contribution in [0.1, 0.15) is 27.4 Å². The number of carbonyl (C=O) groups is 2. The van der Waals surface area contributed by atoms with Crippen LogP contribution in [-0.4, -0.2) is 17.0 Å². The monoisotopic (exact) mass is 267 g/mol. The summed E-state index contributed by atoms with van der Waals surface area (Å²) in [6.07, 6.45) is 0.572. The fourth-order valence-corrected chi connectivity index (χ4v) is 2.50. The molecule has 0 bridgehead atoms. The molecule has 4 nitrogen and oxygen atoms in total. The number of carbonyl (C=O) groups excluding carboxylic acids is 1. The highest BCUT2D eigenvalue weighted by atomic mass is 16.4. The number of para-hydroxylation sites is 1. The number of nitrogens with one attached hydrogen (secondary N) is 1. The van der Waals surface area contributed by atoms with Gasteiger partial charge in [-0.25, -0.2) is 4.79 Å². The summed E-state index contributed by atoms with van der Waals surface area (Å²) in [6, 6.07) is 14.3. The van der Waals surface area contributed by atoms with E-state index in [9.17, 15) is 9.59 Å². The van der Waals surface area contributed by atoms with Crippen molar-refractivity contribution in [3.05, 3.63) is 65.2 Å². The zero-order valence-corrected chi connectivity index (χ0v) is 10.7. The molecule has 0 fully saturated rings. The van der Waals surface area contributed by atoms with Gasteiger partial charge in [0.2, 0.25) is 5.91 Å². The number of hydrogen-bond donors (Lipinski definition) is 2. The lowest BCUT2D eigenvalue weighted by Gasteiger charge is -2.09. The summed E-state index contributed by atoms with van der Waals surface area (Å²) in [7, 11) is 0. The van der Waals surface area contributed by atoms with E-state index in [1.54, 1.807) is 24.3 Å². The molecule has 0 radical (unpaired) electrons. The molecular formula is C16H13NO3. The van der Waals surface area contributed by atoms with E-state index < -0.39 is 5.97 Å². The molecule has 0 saturated heterocycles. The Balaban J connectivity index is 1.84. The lowest BCUT2D eigenvalue weighted by Crippen LogP contribution is -2.14. The van der Waals surface area contributed by atoms with Crippen molar-refractivity contribution in [3.8, 4) is 0 Å². The first-order chi connectivity index (χ1) is 9.65. The number of aromatic carboxylic acids is 1. The zero-order valence-electron chi connectivity index (χ0n) is 10.7. The summed E-state index contributed by atoms with van der Waals surface area (Å²) < 4.78 is 0. The van der Waals surface area contributed by atoms with Gasteiger partial charge in [0.15, 0.2) is 0 Å². The highest BCUT2D eigenvalue weighted by molar-refractivity contribution is 6.03. The van der Waals surface area contributed by atoms with Gasteiger partial charge < -0.3 is 10.4 Å². The molecule has 1 aliphatic heterocycles. The number of hydrogen-bond acceptors (Lipinski definition) is 2. The Morgan fingerprint density at radius 2 is 1.80 bits per heavy atom. The average Bonchev–Trinajstić information content (AvgIpc) is 2.76. The predicted molar refractivity (Wildman–Crippen MR) is 74.9 cm³/mol. The molecule has 20 heavy (non-hydrogen) atoms. The second kappa shape index (κ2) is 4.81. The van der Waals surface area contributed by atoms with Crippen LogP contribution in [0.25, 0.3) is 0 Å². The fourth-order valence-electron chi connectivity index (χ4n) is 2.50. The summed E-state index contributed by atoms with van der Waals surface area (Å²) in [6.45, 7) is 0. The van der Waals surface area contributed by atoms with Crippen LogP contribution in [0.15, 0.2) is 48.5 Å². The summed E-state index contributed by atoms with van der Waals surface area (Å²) in [5.74, 6) is -1.16. The van der Waals surface area contributed by atoms with Crippen molar-refractivity contribution in [1.82, 2.24) is 0 Å². The van der Waals surface area contributed by atoms with Crippen LogP contribution in [-0.2, 0) is 11.2 Å². The molecule has 4 heteroatoms. The fraction of sp³-hybridized carbons (Fsp3) is 0.125. The maximum Gasteiger partial charge on any atom is 0.335 e. The number of fused-ring (bicyclic) bond motifs is 1. The normalized spacial score (nSPS) is 16.6. The minimum absolute atomic E-state index is 0.00601. The van der Waals surface area contributed by atoms with Gasteiger partial charge in [-0.2, -0.15) is 0 Å². The van der Waals surface area contributed by atoms with E-state index in [1.807, 2.05) is 24.3 Å². The summed E-state index contributed by atoms with van der Waals surface area (Å²) in [5.41, 5.74) is 3.07. The highest BCUT2D eigenvalue weighted by Gasteiger charge is 2.29. The third-order valence-corrected chi connectivity index (χ3v) is 3.55. The summed E-state index contributed by atoms with van der Waals surface area (Å²) >= 11 is 0. The van der Waals surface area contributed by atoms with Crippen LogP contribution in [0.5, 0.6) is 0 Å². The van der Waals surface area contributed by atoms with Crippen molar-refractivity contribution in [2.75, 3.05) is 5.32 Å². The zero-order chi connectivity index (χ0) is 14.1. The Hall–Kier alpha value is -2.62. The van der Waals surface area contributed by atoms with Crippen molar-refractivity contribution in [2.45, 2.75) is 12.3 Å². The summed E-state index contributed by atoms with van der Waals surface area (Å²) in [4.78, 5) is 22.8. The van der Waals surface area contributed by atoms with Gasteiger partial charge in [-0.3, -0.25) is 4.79 Å². The maximum atomic E-state index is 12.0. The Bertz CT molecular complexity index is 676. The molecule has 2 aromatic carbocycles. The molecule has 1 heterocycles. The van der Waals surface area contributed by atoms with E-state index in [0.29, 0.717) is 6.42 Å². The molecule has 0 unspecified atom stereocenters. The van der Waals surface area contributed by atoms with E-state index in [2.05, 4.69) is 5.32 Å². The molecule has 2 N–H and O–H groups in total. The molecule has 0 aliphatic carbocycles. The van der Waals surface area contributed by atoms with Crippen LogP contribution in [0.4, 0.5) is 5.69 Å². The SMILES string of the molecule is O=C(O)c1ccc(C[C@@H]2C(=O)Nc3ccccc32)cc1. The van der Waals surface area contributed by atoms with Crippen molar-refractivity contribution in [1.29, 1.82) is 0 Å². The first-order valence-electron chi connectivity index (χ1n) is 6.37. The third-order valence-electron chi connectivity index (χ3n) is 3.55. The van der Waals surface area contributed by atoms with Gasteiger partial charge in [0.1, 0.15) is 0 Å². The smallest absolute Gasteiger partial charge is 0.335 e. The van der Waals surface area contributed by atoms with Crippen LogP contribution >= 0.6 is 0 Å². The minimum Gasteiger partial charge on any atom is -0.478 e. The van der Waals surface area contributed by atoms with E-state index in [1.165, 1.54) is 0 Å². The molecule has 0 saturated carbocycles. The molecule has 0 aromatic heterocycles. The lowest BCUT2D eigenvalue weighted by molar-refractivity contribution is -0.117. The molecule has 100 valence electrons. The Morgan fingerprint density at radius 3 is 2.50 bits per heavy atom. The van der Waals surface area contributed by atoms with Crippen LogP contribution < -0.4 is 5.32 Å². The quantitative estimate of drug-likeness (QED) is 0.898. The number of amides is 1. The lowest BCUT2D eigenvalue weighted by atomic mass is 9.93. The van der Waals surface area contributed by atoms with Crippen molar-refractivity contribution >= 4 is 17.6 Å². The number of rotatable bonds is 3. The van der Waals surface area contributed by atoms with Gasteiger partial charge in [0.25, 0.3) is 0 Å². The maximum absolute atomic E-state index is 12.0. The van der Waals surface area contributed by atoms with E-state index in [0.717, 1.165) is 16.8 Å². The second-order valence-corrected chi connectivity index (χ2v) is 4.84. The van der Waals surface area contributed by atoms with Gasteiger partial charge in [0, 0.05) is 5.69 Å². The third kappa shape index (κ3) is 2.16. The molecule has 2 aromatic rings. The molecule has 1 amide bonds. The van der Waals surface area contributed by atoms with E-state index in [4.69, 9.17) is 5.11 Å². The molecular weight excluding hydrogens is 254 g/mol. The van der Waals surface area contributed by atoms with Crippen molar-refractivity contribution in [2.24, 2.45) is 0 Å². The second-order valence-electron chi connectivity index (χ2n) is 4.84. The molecule has 0 spiro atoms. The van der Waals surface area contributed by atoms with Gasteiger partial charge in [-0.15, -0.1) is 0 Å². The highest BCUT2D eigenvalue weighted by Crippen LogP contribution is 2.34. The minimum atomic E-state index is -0.944. The summed E-state index contributed by atoms with van der Waals surface area (Å²) in [5, 5.41) is 11.7.